The molecule has 0 spiro atoms. The summed E-state index contributed by atoms with van der Waals surface area (Å²) in [5.41, 5.74) is 2.75. The number of fused-ring (bicyclic) bond motifs is 1. The summed E-state index contributed by atoms with van der Waals surface area (Å²) < 4.78 is 0. The van der Waals surface area contributed by atoms with E-state index in [-0.39, 0.29) is 11.3 Å². The highest BCUT2D eigenvalue weighted by atomic mass is 16.2. The van der Waals surface area contributed by atoms with Crippen LogP contribution in [0.1, 0.15) is 44.7 Å². The fraction of sp³-hybridized carbons (Fsp3) is 0.611. The van der Waals surface area contributed by atoms with Gasteiger partial charge in [0.2, 0.25) is 5.91 Å². The minimum atomic E-state index is 0.181. The molecule has 2 aliphatic heterocycles. The molecule has 0 aromatic heterocycles. The molecule has 21 heavy (non-hydrogen) atoms. The molecule has 3 nitrogen and oxygen atoms in total. The first-order valence-corrected chi connectivity index (χ1v) is 8.07. The Morgan fingerprint density at radius 1 is 1.24 bits per heavy atom. The van der Waals surface area contributed by atoms with Gasteiger partial charge in [-0.2, -0.15) is 0 Å². The summed E-state index contributed by atoms with van der Waals surface area (Å²) in [5.74, 6) is 0.555. The number of benzene rings is 1. The molecule has 2 fully saturated rings. The highest BCUT2D eigenvalue weighted by Gasteiger charge is 2.41. The number of piperidine rings is 1. The number of likely N-dealkylation sites (tertiary alicyclic amines) is 1. The number of rotatable bonds is 2. The van der Waals surface area contributed by atoms with E-state index in [0.717, 1.165) is 32.5 Å². The molecule has 2 aliphatic rings. The van der Waals surface area contributed by atoms with Crippen LogP contribution in [0, 0.1) is 5.92 Å². The van der Waals surface area contributed by atoms with Gasteiger partial charge in [-0.05, 0) is 35.9 Å². The number of hydrogen-bond acceptors (Lipinski definition) is 2. The maximum absolute atomic E-state index is 12.5. The topological polar surface area (TPSA) is 32.3 Å². The Kier molecular flexibility index (Phi) is 3.78. The van der Waals surface area contributed by atoms with Gasteiger partial charge in [-0.3, -0.25) is 4.79 Å². The molecule has 3 rings (SSSR count). The smallest absolute Gasteiger partial charge is 0.227 e. The summed E-state index contributed by atoms with van der Waals surface area (Å²) >= 11 is 0. The van der Waals surface area contributed by atoms with E-state index in [4.69, 9.17) is 0 Å². The van der Waals surface area contributed by atoms with Crippen molar-refractivity contribution in [2.75, 3.05) is 13.1 Å². The van der Waals surface area contributed by atoms with Gasteiger partial charge in [0.1, 0.15) is 0 Å². The summed E-state index contributed by atoms with van der Waals surface area (Å²) in [7, 11) is 0. The molecule has 2 saturated heterocycles. The minimum Gasteiger partial charge on any atom is -0.336 e. The predicted molar refractivity (Wildman–Crippen MR) is 85.1 cm³/mol. The molecular weight excluding hydrogens is 260 g/mol. The number of carbonyl (C=O) groups excluding carboxylic acids is 1. The largest absolute Gasteiger partial charge is 0.336 e. The van der Waals surface area contributed by atoms with Crippen molar-refractivity contribution in [3.05, 3.63) is 35.4 Å². The molecule has 2 atom stereocenters. The fourth-order valence-corrected chi connectivity index (χ4v) is 3.48. The van der Waals surface area contributed by atoms with Crippen molar-refractivity contribution in [2.24, 2.45) is 5.92 Å². The van der Waals surface area contributed by atoms with E-state index in [2.05, 4.69) is 50.4 Å². The van der Waals surface area contributed by atoms with Gasteiger partial charge in [0, 0.05) is 19.1 Å². The van der Waals surface area contributed by atoms with Crippen LogP contribution in [0.25, 0.3) is 0 Å². The Labute approximate surface area is 127 Å². The van der Waals surface area contributed by atoms with Crippen molar-refractivity contribution < 1.29 is 4.79 Å². The third kappa shape index (κ3) is 2.98. The number of hydrogen-bond donors (Lipinski definition) is 1. The van der Waals surface area contributed by atoms with E-state index < -0.39 is 0 Å². The van der Waals surface area contributed by atoms with Crippen LogP contribution in [0.15, 0.2) is 24.3 Å². The summed E-state index contributed by atoms with van der Waals surface area (Å²) in [5, 5.41) is 3.49. The van der Waals surface area contributed by atoms with Crippen LogP contribution in [-0.2, 0) is 16.8 Å². The van der Waals surface area contributed by atoms with Gasteiger partial charge in [0.15, 0.2) is 0 Å². The van der Waals surface area contributed by atoms with Gasteiger partial charge >= 0.3 is 0 Å². The first-order chi connectivity index (χ1) is 9.95. The minimum absolute atomic E-state index is 0.181. The second-order valence-electron chi connectivity index (χ2n) is 7.48. The normalized spacial score (nSPS) is 26.0. The molecule has 2 unspecified atom stereocenters. The third-order valence-electron chi connectivity index (χ3n) is 4.82. The zero-order valence-corrected chi connectivity index (χ0v) is 13.4. The molecule has 0 bridgehead atoms. The Bertz CT molecular complexity index is 515. The molecule has 114 valence electrons. The summed E-state index contributed by atoms with van der Waals surface area (Å²) in [6, 6.07) is 9.11. The van der Waals surface area contributed by atoms with Gasteiger partial charge in [-0.15, -0.1) is 0 Å². The van der Waals surface area contributed by atoms with Gasteiger partial charge in [0.05, 0.1) is 5.92 Å². The lowest BCUT2D eigenvalue weighted by atomic mass is 9.87. The van der Waals surface area contributed by atoms with Crippen LogP contribution < -0.4 is 5.32 Å². The molecule has 1 amide bonds. The second-order valence-corrected chi connectivity index (χ2v) is 7.48. The van der Waals surface area contributed by atoms with E-state index in [1.807, 2.05) is 4.90 Å². The average molecular weight is 286 g/mol. The molecule has 1 N–H and O–H groups in total. The van der Waals surface area contributed by atoms with Crippen molar-refractivity contribution >= 4 is 5.91 Å². The highest BCUT2D eigenvalue weighted by molar-refractivity contribution is 5.82. The zero-order chi connectivity index (χ0) is 15.0. The Hall–Kier alpha value is -1.35. The lowest BCUT2D eigenvalue weighted by Crippen LogP contribution is -2.41. The molecule has 1 aromatic carbocycles. The number of nitrogens with zero attached hydrogens (tertiary/aromatic N) is 1. The van der Waals surface area contributed by atoms with Crippen molar-refractivity contribution in [3.8, 4) is 0 Å². The van der Waals surface area contributed by atoms with Crippen molar-refractivity contribution in [2.45, 2.75) is 51.6 Å². The van der Waals surface area contributed by atoms with Crippen molar-refractivity contribution in [1.82, 2.24) is 10.2 Å². The van der Waals surface area contributed by atoms with Crippen LogP contribution >= 0.6 is 0 Å². The SMILES string of the molecule is CC(C)(C)c1ccc(CN2CC3NCCCC3C2=O)cc1. The van der Waals surface area contributed by atoms with E-state index in [1.165, 1.54) is 11.1 Å². The zero-order valence-electron chi connectivity index (χ0n) is 13.4. The van der Waals surface area contributed by atoms with Crippen LogP contribution in [0.4, 0.5) is 0 Å². The molecule has 1 aromatic rings. The maximum atomic E-state index is 12.5. The van der Waals surface area contributed by atoms with Crippen LogP contribution in [0.3, 0.4) is 0 Å². The Morgan fingerprint density at radius 3 is 2.57 bits per heavy atom. The first kappa shape index (κ1) is 14.6. The van der Waals surface area contributed by atoms with Gasteiger partial charge < -0.3 is 10.2 Å². The van der Waals surface area contributed by atoms with Crippen molar-refractivity contribution in [1.29, 1.82) is 0 Å². The summed E-state index contributed by atoms with van der Waals surface area (Å²) in [4.78, 5) is 14.5. The molecule has 0 saturated carbocycles. The fourth-order valence-electron chi connectivity index (χ4n) is 3.48. The van der Waals surface area contributed by atoms with Gasteiger partial charge in [-0.25, -0.2) is 0 Å². The Balaban J connectivity index is 1.68. The molecule has 2 heterocycles. The Morgan fingerprint density at radius 2 is 1.95 bits per heavy atom. The number of nitrogens with one attached hydrogen (secondary N) is 1. The van der Waals surface area contributed by atoms with E-state index in [9.17, 15) is 4.79 Å². The van der Waals surface area contributed by atoms with Gasteiger partial charge in [-0.1, -0.05) is 45.0 Å². The average Bonchev–Trinajstić information content (AvgIpc) is 2.76. The van der Waals surface area contributed by atoms with Crippen LogP contribution in [0.5, 0.6) is 0 Å². The molecule has 0 aliphatic carbocycles. The quantitative estimate of drug-likeness (QED) is 0.906. The van der Waals surface area contributed by atoms with Crippen LogP contribution in [-0.4, -0.2) is 29.9 Å². The third-order valence-corrected chi connectivity index (χ3v) is 4.82. The lowest BCUT2D eigenvalue weighted by Gasteiger charge is -2.23. The lowest BCUT2D eigenvalue weighted by molar-refractivity contribution is -0.131. The van der Waals surface area contributed by atoms with E-state index >= 15 is 0 Å². The predicted octanol–water partition coefficient (Wildman–Crippen LogP) is 2.69. The van der Waals surface area contributed by atoms with E-state index in [1.54, 1.807) is 0 Å². The standard InChI is InChI=1S/C18H26N2O/c1-18(2,3)14-8-6-13(7-9-14)11-20-12-16-15(17(20)21)5-4-10-19-16/h6-9,15-16,19H,4-5,10-12H2,1-3H3. The molecule has 0 radical (unpaired) electrons. The monoisotopic (exact) mass is 286 g/mol. The number of amides is 1. The second kappa shape index (κ2) is 5.45. The van der Waals surface area contributed by atoms with E-state index in [0.29, 0.717) is 11.9 Å². The number of carbonyl (C=O) groups is 1. The van der Waals surface area contributed by atoms with Crippen LogP contribution in [0.2, 0.25) is 0 Å². The molecule has 3 heteroatoms. The highest BCUT2D eigenvalue weighted by Crippen LogP contribution is 2.28. The van der Waals surface area contributed by atoms with Crippen molar-refractivity contribution in [3.63, 3.8) is 0 Å². The summed E-state index contributed by atoms with van der Waals surface area (Å²) in [6.07, 6.45) is 2.18. The first-order valence-electron chi connectivity index (χ1n) is 8.07. The van der Waals surface area contributed by atoms with Gasteiger partial charge in [0.25, 0.3) is 0 Å². The molecular formula is C18H26N2O. The maximum Gasteiger partial charge on any atom is 0.227 e. The summed E-state index contributed by atoms with van der Waals surface area (Å²) in [6.45, 7) is 9.35.